The van der Waals surface area contributed by atoms with Gasteiger partial charge >= 0.3 is 0 Å². The lowest BCUT2D eigenvalue weighted by Gasteiger charge is -2.36. The van der Waals surface area contributed by atoms with Crippen LogP contribution in [0.1, 0.15) is 47.6 Å². The molecule has 8 heteroatoms. The van der Waals surface area contributed by atoms with Crippen LogP contribution in [0.2, 0.25) is 0 Å². The topological polar surface area (TPSA) is 95.1 Å². The number of aromatic amines is 1. The second-order valence-electron chi connectivity index (χ2n) is 9.57. The molecule has 2 aliphatic rings. The van der Waals surface area contributed by atoms with Crippen LogP contribution in [0.4, 0.5) is 0 Å². The van der Waals surface area contributed by atoms with Crippen LogP contribution in [-0.2, 0) is 11.2 Å². The molecule has 182 valence electrons. The van der Waals surface area contributed by atoms with E-state index >= 15 is 0 Å². The number of aromatic nitrogens is 4. The molecule has 1 aromatic carbocycles. The largest absolute Gasteiger partial charge is 0.351 e. The summed E-state index contributed by atoms with van der Waals surface area (Å²) >= 11 is 0. The standard InChI is InChI=1S/C28H28N6O2/c35-27-5-3-13-34(27)21-9-14-33(15-10-21)28(36)25-18-20-16-19(6-7-22(20)31-25)17-26-30-12-8-24(32-26)23-4-1-2-11-29-23/h1-2,4,6-8,11-12,16,18,21,31H,3,5,9-10,13-15,17H2. The molecule has 2 amide bonds. The average molecular weight is 481 g/mol. The van der Waals surface area contributed by atoms with E-state index in [0.29, 0.717) is 31.6 Å². The number of amides is 2. The highest BCUT2D eigenvalue weighted by Gasteiger charge is 2.32. The third kappa shape index (κ3) is 4.46. The highest BCUT2D eigenvalue weighted by molar-refractivity contribution is 5.98. The fourth-order valence-electron chi connectivity index (χ4n) is 5.34. The van der Waals surface area contributed by atoms with Gasteiger partial charge in [-0.15, -0.1) is 0 Å². The fourth-order valence-corrected chi connectivity index (χ4v) is 5.34. The number of pyridine rings is 1. The minimum Gasteiger partial charge on any atom is -0.351 e. The summed E-state index contributed by atoms with van der Waals surface area (Å²) in [4.78, 5) is 46.0. The van der Waals surface area contributed by atoms with Crippen LogP contribution < -0.4 is 0 Å². The van der Waals surface area contributed by atoms with Crippen LogP contribution in [0.25, 0.3) is 22.3 Å². The van der Waals surface area contributed by atoms with Crippen LogP contribution in [0.15, 0.2) is 60.9 Å². The normalized spacial score (nSPS) is 16.7. The van der Waals surface area contributed by atoms with Gasteiger partial charge in [0.1, 0.15) is 11.5 Å². The zero-order valence-corrected chi connectivity index (χ0v) is 20.1. The molecule has 0 bridgehead atoms. The number of carbonyl (C=O) groups excluding carboxylic acids is 2. The summed E-state index contributed by atoms with van der Waals surface area (Å²) in [6, 6.07) is 16.0. The van der Waals surface area contributed by atoms with Crippen LogP contribution in [-0.4, -0.2) is 67.2 Å². The first-order valence-electron chi connectivity index (χ1n) is 12.6. The van der Waals surface area contributed by atoms with Crippen molar-refractivity contribution < 1.29 is 9.59 Å². The van der Waals surface area contributed by atoms with Crippen LogP contribution in [0.5, 0.6) is 0 Å². The molecule has 0 saturated carbocycles. The van der Waals surface area contributed by atoms with Gasteiger partial charge in [-0.25, -0.2) is 9.97 Å². The highest BCUT2D eigenvalue weighted by Crippen LogP contribution is 2.25. The van der Waals surface area contributed by atoms with Gasteiger partial charge in [0, 0.05) is 61.8 Å². The number of fused-ring (bicyclic) bond motifs is 1. The van der Waals surface area contributed by atoms with Crippen molar-refractivity contribution in [2.75, 3.05) is 19.6 Å². The Bertz CT molecular complexity index is 1410. The number of benzene rings is 1. The zero-order chi connectivity index (χ0) is 24.5. The van der Waals surface area contributed by atoms with E-state index in [0.717, 1.165) is 59.5 Å². The quantitative estimate of drug-likeness (QED) is 0.468. The molecular weight excluding hydrogens is 452 g/mol. The van der Waals surface area contributed by atoms with Crippen LogP contribution in [0, 0.1) is 0 Å². The number of hydrogen-bond acceptors (Lipinski definition) is 5. The molecule has 2 aliphatic heterocycles. The van der Waals surface area contributed by atoms with E-state index in [4.69, 9.17) is 0 Å². The number of carbonyl (C=O) groups is 2. The summed E-state index contributed by atoms with van der Waals surface area (Å²) in [6.45, 7) is 2.22. The number of rotatable bonds is 5. The molecule has 0 unspecified atom stereocenters. The molecule has 0 aliphatic carbocycles. The van der Waals surface area contributed by atoms with Gasteiger partial charge in [-0.2, -0.15) is 0 Å². The summed E-state index contributed by atoms with van der Waals surface area (Å²) in [5, 5.41) is 0.995. The summed E-state index contributed by atoms with van der Waals surface area (Å²) in [5.41, 5.74) is 4.24. The Hall–Kier alpha value is -4.07. The fraction of sp³-hybridized carbons (Fsp3) is 0.321. The maximum absolute atomic E-state index is 13.2. The number of nitrogens with zero attached hydrogens (tertiary/aromatic N) is 5. The summed E-state index contributed by atoms with van der Waals surface area (Å²) < 4.78 is 0. The lowest BCUT2D eigenvalue weighted by molar-refractivity contribution is -0.130. The van der Waals surface area contributed by atoms with Gasteiger partial charge in [0.15, 0.2) is 0 Å². The van der Waals surface area contributed by atoms with Crippen molar-refractivity contribution in [2.24, 2.45) is 0 Å². The van der Waals surface area contributed by atoms with E-state index in [1.54, 1.807) is 12.4 Å². The van der Waals surface area contributed by atoms with Crippen molar-refractivity contribution in [3.05, 3.63) is 78.0 Å². The Labute approximate surface area is 209 Å². The van der Waals surface area contributed by atoms with E-state index in [9.17, 15) is 9.59 Å². The molecule has 0 spiro atoms. The Morgan fingerprint density at radius 2 is 1.86 bits per heavy atom. The van der Waals surface area contributed by atoms with Crippen LogP contribution >= 0.6 is 0 Å². The van der Waals surface area contributed by atoms with Gasteiger partial charge in [0.05, 0.1) is 11.4 Å². The van der Waals surface area contributed by atoms with Crippen molar-refractivity contribution >= 4 is 22.7 Å². The predicted molar refractivity (Wildman–Crippen MR) is 136 cm³/mol. The van der Waals surface area contributed by atoms with Gasteiger partial charge in [-0.1, -0.05) is 12.1 Å². The molecule has 4 aromatic rings. The zero-order valence-electron chi connectivity index (χ0n) is 20.1. The molecule has 6 rings (SSSR count). The smallest absolute Gasteiger partial charge is 0.270 e. The van der Waals surface area contributed by atoms with Gasteiger partial charge in [0.2, 0.25) is 5.91 Å². The predicted octanol–water partition coefficient (Wildman–Crippen LogP) is 3.84. The van der Waals surface area contributed by atoms with Crippen LogP contribution in [0.3, 0.4) is 0 Å². The Kier molecular flexibility index (Phi) is 5.93. The van der Waals surface area contributed by atoms with E-state index in [1.165, 1.54) is 0 Å². The van der Waals surface area contributed by atoms with Crippen molar-refractivity contribution in [3.63, 3.8) is 0 Å². The number of likely N-dealkylation sites (tertiary alicyclic amines) is 2. The maximum Gasteiger partial charge on any atom is 0.270 e. The van der Waals surface area contributed by atoms with Crippen molar-refractivity contribution in [3.8, 4) is 11.4 Å². The molecule has 1 N–H and O–H groups in total. The maximum atomic E-state index is 13.2. The molecule has 0 radical (unpaired) electrons. The molecule has 5 heterocycles. The third-order valence-electron chi connectivity index (χ3n) is 7.21. The monoisotopic (exact) mass is 480 g/mol. The molecule has 2 fully saturated rings. The summed E-state index contributed by atoms with van der Waals surface area (Å²) in [7, 11) is 0. The first-order valence-corrected chi connectivity index (χ1v) is 12.6. The first kappa shape index (κ1) is 22.4. The lowest BCUT2D eigenvalue weighted by Crippen LogP contribution is -2.47. The summed E-state index contributed by atoms with van der Waals surface area (Å²) in [6.07, 6.45) is 7.43. The van der Waals surface area contributed by atoms with Gasteiger partial charge in [0.25, 0.3) is 5.91 Å². The Balaban J connectivity index is 1.14. The van der Waals surface area contributed by atoms with Gasteiger partial charge < -0.3 is 14.8 Å². The number of H-pyrrole nitrogens is 1. The minimum absolute atomic E-state index is 0.0188. The second kappa shape index (κ2) is 9.53. The van der Waals surface area contributed by atoms with E-state index in [2.05, 4.69) is 26.0 Å². The summed E-state index contributed by atoms with van der Waals surface area (Å²) in [5.74, 6) is 1.01. The molecule has 2 saturated heterocycles. The molecule has 3 aromatic heterocycles. The number of nitrogens with one attached hydrogen (secondary N) is 1. The molecule has 36 heavy (non-hydrogen) atoms. The third-order valence-corrected chi connectivity index (χ3v) is 7.21. The van der Waals surface area contributed by atoms with Crippen molar-refractivity contribution in [2.45, 2.75) is 38.1 Å². The van der Waals surface area contributed by atoms with Gasteiger partial charge in [-0.05, 0) is 61.2 Å². The lowest BCUT2D eigenvalue weighted by atomic mass is 10.0. The second-order valence-corrected chi connectivity index (χ2v) is 9.57. The highest BCUT2D eigenvalue weighted by atomic mass is 16.2. The number of hydrogen-bond donors (Lipinski definition) is 1. The van der Waals surface area contributed by atoms with Crippen molar-refractivity contribution in [1.29, 1.82) is 0 Å². The van der Waals surface area contributed by atoms with Crippen molar-refractivity contribution in [1.82, 2.24) is 29.7 Å². The van der Waals surface area contributed by atoms with E-state index in [-0.39, 0.29) is 17.9 Å². The SMILES string of the molecule is O=C(c1cc2cc(Cc3nccc(-c4ccccn4)n3)ccc2[nH]1)N1CCC(N2CCCC2=O)CC1. The van der Waals surface area contributed by atoms with Gasteiger partial charge in [-0.3, -0.25) is 14.6 Å². The first-order chi connectivity index (χ1) is 17.6. The van der Waals surface area contributed by atoms with E-state index in [1.807, 2.05) is 52.3 Å². The Morgan fingerprint density at radius 3 is 2.64 bits per heavy atom. The molecule has 8 nitrogen and oxygen atoms in total. The molecule has 0 atom stereocenters. The Morgan fingerprint density at radius 1 is 0.972 bits per heavy atom. The average Bonchev–Trinajstić information content (AvgIpc) is 3.55. The number of piperidine rings is 1. The molecular formula is C28H28N6O2. The van der Waals surface area contributed by atoms with E-state index < -0.39 is 0 Å². The minimum atomic E-state index is 0.0188.